The molecular formula is C13H18O2S. The van der Waals surface area contributed by atoms with Crippen LogP contribution in [0.4, 0.5) is 0 Å². The molecule has 0 aliphatic heterocycles. The Morgan fingerprint density at radius 3 is 3.19 bits per heavy atom. The molecule has 1 aliphatic carbocycles. The Balaban J connectivity index is 2.06. The molecule has 0 saturated heterocycles. The zero-order valence-corrected chi connectivity index (χ0v) is 10.4. The molecule has 1 atom stereocenters. The summed E-state index contributed by atoms with van der Waals surface area (Å²) < 4.78 is 5.65. The lowest BCUT2D eigenvalue weighted by Crippen LogP contribution is -2.09. The van der Waals surface area contributed by atoms with Gasteiger partial charge >= 0.3 is 0 Å². The number of rotatable bonds is 4. The maximum atomic E-state index is 9.82. The summed E-state index contributed by atoms with van der Waals surface area (Å²) in [6.07, 6.45) is 4.82. The lowest BCUT2D eigenvalue weighted by atomic mass is 9.89. The topological polar surface area (TPSA) is 29.5 Å². The molecule has 0 saturated carbocycles. The number of fused-ring (bicyclic) bond motifs is 1. The fourth-order valence-electron chi connectivity index (χ4n) is 2.10. The number of aryl methyl sites for hydroxylation is 1. The molecule has 1 aromatic carbocycles. The summed E-state index contributed by atoms with van der Waals surface area (Å²) in [4.78, 5) is 0. The van der Waals surface area contributed by atoms with Crippen LogP contribution < -0.4 is 4.74 Å². The van der Waals surface area contributed by atoms with Crippen molar-refractivity contribution in [1.82, 2.24) is 0 Å². The van der Waals surface area contributed by atoms with E-state index in [0.717, 1.165) is 42.9 Å². The van der Waals surface area contributed by atoms with E-state index in [1.165, 1.54) is 5.56 Å². The van der Waals surface area contributed by atoms with Gasteiger partial charge in [-0.05, 0) is 48.8 Å². The van der Waals surface area contributed by atoms with E-state index in [1.807, 2.05) is 12.1 Å². The smallest absolute Gasteiger partial charge is 0.119 e. The third kappa shape index (κ3) is 2.71. The van der Waals surface area contributed by atoms with Gasteiger partial charge in [-0.1, -0.05) is 6.07 Å². The maximum absolute atomic E-state index is 9.82. The standard InChI is InChI=1S/C13H18O2S/c1-16-8-7-15-11-5-6-12-10(9-11)3-2-4-13(12)14/h5-6,9,13-14H,2-4,7-8H2,1H3. The first-order valence-electron chi connectivity index (χ1n) is 5.74. The van der Waals surface area contributed by atoms with E-state index in [0.29, 0.717) is 0 Å². The molecule has 88 valence electrons. The van der Waals surface area contributed by atoms with Crippen LogP contribution in [0.15, 0.2) is 18.2 Å². The van der Waals surface area contributed by atoms with Crippen molar-refractivity contribution >= 4 is 11.8 Å². The number of hydrogen-bond donors (Lipinski definition) is 1. The molecule has 0 aromatic heterocycles. The van der Waals surface area contributed by atoms with Crippen molar-refractivity contribution in [2.75, 3.05) is 18.6 Å². The molecule has 2 rings (SSSR count). The van der Waals surface area contributed by atoms with Crippen LogP contribution in [0.2, 0.25) is 0 Å². The number of thioether (sulfide) groups is 1. The Bertz CT molecular complexity index is 352. The summed E-state index contributed by atoms with van der Waals surface area (Å²) in [5.41, 5.74) is 2.34. The largest absolute Gasteiger partial charge is 0.493 e. The Morgan fingerprint density at radius 2 is 2.38 bits per heavy atom. The van der Waals surface area contributed by atoms with Crippen molar-refractivity contribution < 1.29 is 9.84 Å². The van der Waals surface area contributed by atoms with Crippen molar-refractivity contribution in [2.24, 2.45) is 0 Å². The Kier molecular flexibility index (Phi) is 4.13. The molecule has 1 aromatic rings. The first-order valence-corrected chi connectivity index (χ1v) is 7.13. The highest BCUT2D eigenvalue weighted by molar-refractivity contribution is 7.98. The summed E-state index contributed by atoms with van der Waals surface area (Å²) in [5, 5.41) is 9.82. The SMILES string of the molecule is CSCCOc1ccc2c(c1)CCCC2O. The van der Waals surface area contributed by atoms with Crippen molar-refractivity contribution in [2.45, 2.75) is 25.4 Å². The van der Waals surface area contributed by atoms with Crippen LogP contribution in [-0.2, 0) is 6.42 Å². The second-order valence-corrected chi connectivity index (χ2v) is 5.10. The predicted octanol–water partition coefficient (Wildman–Crippen LogP) is 2.80. The molecule has 0 fully saturated rings. The number of hydrogen-bond acceptors (Lipinski definition) is 3. The minimum absolute atomic E-state index is 0.274. The minimum Gasteiger partial charge on any atom is -0.493 e. The molecule has 2 nitrogen and oxygen atoms in total. The van der Waals surface area contributed by atoms with Gasteiger partial charge in [-0.25, -0.2) is 0 Å². The van der Waals surface area contributed by atoms with Crippen LogP contribution in [0.25, 0.3) is 0 Å². The first-order chi connectivity index (χ1) is 7.81. The highest BCUT2D eigenvalue weighted by atomic mass is 32.2. The van der Waals surface area contributed by atoms with Gasteiger partial charge in [-0.15, -0.1) is 0 Å². The number of benzene rings is 1. The van der Waals surface area contributed by atoms with Crippen molar-refractivity contribution in [3.8, 4) is 5.75 Å². The normalized spacial score (nSPS) is 19.2. The second-order valence-electron chi connectivity index (χ2n) is 4.11. The lowest BCUT2D eigenvalue weighted by molar-refractivity contribution is 0.156. The number of ether oxygens (including phenoxy) is 1. The molecule has 16 heavy (non-hydrogen) atoms. The zero-order chi connectivity index (χ0) is 11.4. The van der Waals surface area contributed by atoms with Gasteiger partial charge in [-0.3, -0.25) is 0 Å². The van der Waals surface area contributed by atoms with Gasteiger partial charge in [-0.2, -0.15) is 11.8 Å². The minimum atomic E-state index is -0.274. The molecule has 0 radical (unpaired) electrons. The number of aliphatic hydroxyl groups is 1. The van der Waals surface area contributed by atoms with Crippen LogP contribution in [0.3, 0.4) is 0 Å². The highest BCUT2D eigenvalue weighted by Crippen LogP contribution is 2.31. The average molecular weight is 238 g/mol. The van der Waals surface area contributed by atoms with Gasteiger partial charge in [0.25, 0.3) is 0 Å². The van der Waals surface area contributed by atoms with Crippen molar-refractivity contribution in [3.05, 3.63) is 29.3 Å². The zero-order valence-electron chi connectivity index (χ0n) is 9.61. The molecule has 1 aliphatic rings. The third-order valence-corrected chi connectivity index (χ3v) is 3.53. The average Bonchev–Trinajstić information content (AvgIpc) is 2.30. The lowest BCUT2D eigenvalue weighted by Gasteiger charge is -2.21. The van der Waals surface area contributed by atoms with E-state index in [-0.39, 0.29) is 6.10 Å². The van der Waals surface area contributed by atoms with Gasteiger partial charge < -0.3 is 9.84 Å². The van der Waals surface area contributed by atoms with E-state index < -0.39 is 0 Å². The van der Waals surface area contributed by atoms with Crippen LogP contribution in [0.1, 0.15) is 30.1 Å². The summed E-state index contributed by atoms with van der Waals surface area (Å²) in [5.74, 6) is 1.95. The van der Waals surface area contributed by atoms with Crippen LogP contribution in [0, 0.1) is 0 Å². The predicted molar refractivity (Wildman–Crippen MR) is 68.2 cm³/mol. The van der Waals surface area contributed by atoms with Gasteiger partial charge in [0, 0.05) is 5.75 Å². The third-order valence-electron chi connectivity index (χ3n) is 2.95. The summed E-state index contributed by atoms with van der Waals surface area (Å²) in [7, 11) is 0. The first kappa shape index (κ1) is 11.8. The summed E-state index contributed by atoms with van der Waals surface area (Å²) in [6.45, 7) is 0.752. The van der Waals surface area contributed by atoms with E-state index in [2.05, 4.69) is 12.3 Å². The van der Waals surface area contributed by atoms with E-state index in [1.54, 1.807) is 11.8 Å². The Hall–Kier alpha value is -0.670. The Morgan fingerprint density at radius 1 is 1.50 bits per heavy atom. The maximum Gasteiger partial charge on any atom is 0.119 e. The quantitative estimate of drug-likeness (QED) is 0.818. The van der Waals surface area contributed by atoms with Crippen molar-refractivity contribution in [3.63, 3.8) is 0 Å². The fraction of sp³-hybridized carbons (Fsp3) is 0.538. The Labute approximate surface area is 101 Å². The molecule has 0 heterocycles. The van der Waals surface area contributed by atoms with Gasteiger partial charge in [0.05, 0.1) is 12.7 Å². The van der Waals surface area contributed by atoms with Crippen LogP contribution in [-0.4, -0.2) is 23.7 Å². The van der Waals surface area contributed by atoms with E-state index in [4.69, 9.17) is 4.74 Å². The molecule has 0 bridgehead atoms. The summed E-state index contributed by atoms with van der Waals surface area (Å²) in [6, 6.07) is 6.05. The van der Waals surface area contributed by atoms with Gasteiger partial charge in [0.15, 0.2) is 0 Å². The van der Waals surface area contributed by atoms with Gasteiger partial charge in [0.2, 0.25) is 0 Å². The second kappa shape index (κ2) is 5.60. The van der Waals surface area contributed by atoms with E-state index >= 15 is 0 Å². The molecule has 1 N–H and O–H groups in total. The molecule has 0 amide bonds. The van der Waals surface area contributed by atoms with Crippen LogP contribution >= 0.6 is 11.8 Å². The fourth-order valence-corrected chi connectivity index (χ4v) is 2.35. The molecule has 0 spiro atoms. The highest BCUT2D eigenvalue weighted by Gasteiger charge is 2.17. The van der Waals surface area contributed by atoms with E-state index in [9.17, 15) is 5.11 Å². The molecule has 1 unspecified atom stereocenters. The van der Waals surface area contributed by atoms with Crippen LogP contribution in [0.5, 0.6) is 5.75 Å². The van der Waals surface area contributed by atoms with Crippen molar-refractivity contribution in [1.29, 1.82) is 0 Å². The monoisotopic (exact) mass is 238 g/mol. The molecule has 3 heteroatoms. The molecular weight excluding hydrogens is 220 g/mol. The number of aliphatic hydroxyl groups excluding tert-OH is 1. The van der Waals surface area contributed by atoms with Gasteiger partial charge in [0.1, 0.15) is 5.75 Å². The summed E-state index contributed by atoms with van der Waals surface area (Å²) >= 11 is 1.79.